The van der Waals surface area contributed by atoms with Gasteiger partial charge in [0.2, 0.25) is 5.91 Å². The summed E-state index contributed by atoms with van der Waals surface area (Å²) >= 11 is 5.61. The Kier molecular flexibility index (Phi) is 5.04. The number of rotatable bonds is 5. The van der Waals surface area contributed by atoms with E-state index in [1.807, 2.05) is 25.1 Å². The van der Waals surface area contributed by atoms with Crippen LogP contribution < -0.4 is 9.64 Å². The number of carbonyl (C=O) groups is 1. The van der Waals surface area contributed by atoms with Crippen LogP contribution in [0, 0.1) is 6.92 Å². The lowest BCUT2D eigenvalue weighted by atomic mass is 10.1. The molecule has 0 spiro atoms. The predicted molar refractivity (Wildman–Crippen MR) is 71.0 cm³/mol. The summed E-state index contributed by atoms with van der Waals surface area (Å²) in [5.41, 5.74) is 1.71. The van der Waals surface area contributed by atoms with Gasteiger partial charge in [-0.25, -0.2) is 0 Å². The zero-order valence-corrected chi connectivity index (χ0v) is 10.8. The average molecular weight is 254 g/mol. The van der Waals surface area contributed by atoms with Crippen LogP contribution in [0.15, 0.2) is 30.9 Å². The molecule has 0 aliphatic heterocycles. The number of benzene rings is 1. The lowest BCUT2D eigenvalue weighted by Gasteiger charge is -2.24. The third-order valence-corrected chi connectivity index (χ3v) is 2.65. The number of carbonyl (C=O) groups excluding carboxylic acids is 1. The van der Waals surface area contributed by atoms with Crippen LogP contribution >= 0.6 is 11.6 Å². The molecular weight excluding hydrogens is 238 g/mol. The molecule has 0 aliphatic rings. The summed E-state index contributed by atoms with van der Waals surface area (Å²) in [6, 6.07) is 5.63. The number of halogens is 1. The fourth-order valence-electron chi connectivity index (χ4n) is 1.66. The van der Waals surface area contributed by atoms with E-state index < -0.39 is 0 Å². The monoisotopic (exact) mass is 253 g/mol. The smallest absolute Gasteiger partial charge is 0.242 e. The van der Waals surface area contributed by atoms with E-state index in [9.17, 15) is 4.79 Å². The highest BCUT2D eigenvalue weighted by Gasteiger charge is 2.19. The van der Waals surface area contributed by atoms with Gasteiger partial charge in [-0.3, -0.25) is 4.79 Å². The molecule has 1 aromatic rings. The molecular formula is C13H16ClNO2. The number of nitrogens with zero attached hydrogens (tertiary/aromatic N) is 1. The summed E-state index contributed by atoms with van der Waals surface area (Å²) in [6.07, 6.45) is 1.66. The second kappa shape index (κ2) is 6.30. The second-order valence-corrected chi connectivity index (χ2v) is 3.82. The third-order valence-electron chi connectivity index (χ3n) is 2.42. The van der Waals surface area contributed by atoms with E-state index >= 15 is 0 Å². The number of para-hydroxylation sites is 1. The minimum absolute atomic E-state index is 0.0642. The maximum atomic E-state index is 11.8. The van der Waals surface area contributed by atoms with Gasteiger partial charge >= 0.3 is 0 Å². The van der Waals surface area contributed by atoms with Crippen molar-refractivity contribution in [1.82, 2.24) is 0 Å². The molecule has 1 amide bonds. The number of aryl methyl sites for hydroxylation is 1. The number of methoxy groups -OCH3 is 1. The normalized spacial score (nSPS) is 9.82. The van der Waals surface area contributed by atoms with Crippen LogP contribution in [0.5, 0.6) is 5.75 Å². The van der Waals surface area contributed by atoms with Crippen LogP contribution in [-0.2, 0) is 4.79 Å². The Morgan fingerprint density at radius 2 is 2.29 bits per heavy atom. The Hall–Kier alpha value is -1.48. The summed E-state index contributed by atoms with van der Waals surface area (Å²) in [5.74, 6) is 0.426. The van der Waals surface area contributed by atoms with Gasteiger partial charge in [-0.05, 0) is 18.6 Å². The molecule has 0 aliphatic carbocycles. The van der Waals surface area contributed by atoms with Crippen molar-refractivity contribution < 1.29 is 9.53 Å². The topological polar surface area (TPSA) is 29.5 Å². The molecule has 0 bridgehead atoms. The third kappa shape index (κ3) is 3.01. The molecule has 92 valence electrons. The minimum atomic E-state index is -0.167. The quantitative estimate of drug-likeness (QED) is 0.597. The van der Waals surface area contributed by atoms with E-state index in [1.54, 1.807) is 18.1 Å². The first-order chi connectivity index (χ1) is 8.15. The average Bonchev–Trinajstić information content (AvgIpc) is 2.35. The van der Waals surface area contributed by atoms with E-state index in [0.29, 0.717) is 12.3 Å². The highest BCUT2D eigenvalue weighted by atomic mass is 35.5. The largest absolute Gasteiger partial charge is 0.495 e. The van der Waals surface area contributed by atoms with Crippen molar-refractivity contribution in [3.8, 4) is 5.75 Å². The first-order valence-electron chi connectivity index (χ1n) is 5.26. The van der Waals surface area contributed by atoms with Gasteiger partial charge in [-0.1, -0.05) is 18.2 Å². The summed E-state index contributed by atoms with van der Waals surface area (Å²) in [4.78, 5) is 13.4. The molecule has 1 aromatic carbocycles. The van der Waals surface area contributed by atoms with E-state index in [4.69, 9.17) is 16.3 Å². The van der Waals surface area contributed by atoms with Crippen LogP contribution in [-0.4, -0.2) is 25.4 Å². The summed E-state index contributed by atoms with van der Waals surface area (Å²) in [7, 11) is 1.58. The summed E-state index contributed by atoms with van der Waals surface area (Å²) in [5, 5.41) is 0. The fourth-order valence-corrected chi connectivity index (χ4v) is 1.81. The van der Waals surface area contributed by atoms with Crippen molar-refractivity contribution in [2.24, 2.45) is 0 Å². The Balaban J connectivity index is 3.25. The lowest BCUT2D eigenvalue weighted by Crippen LogP contribution is -2.32. The van der Waals surface area contributed by atoms with E-state index in [1.165, 1.54) is 0 Å². The van der Waals surface area contributed by atoms with Gasteiger partial charge in [-0.2, -0.15) is 0 Å². The molecule has 0 unspecified atom stereocenters. The maximum absolute atomic E-state index is 11.8. The molecule has 17 heavy (non-hydrogen) atoms. The Labute approximate surface area is 107 Å². The van der Waals surface area contributed by atoms with E-state index in [0.717, 1.165) is 11.3 Å². The van der Waals surface area contributed by atoms with Crippen molar-refractivity contribution >= 4 is 23.2 Å². The molecule has 0 radical (unpaired) electrons. The van der Waals surface area contributed by atoms with Crippen LogP contribution in [0.25, 0.3) is 0 Å². The van der Waals surface area contributed by atoms with Crippen LogP contribution in [0.2, 0.25) is 0 Å². The number of anilines is 1. The minimum Gasteiger partial charge on any atom is -0.495 e. The van der Waals surface area contributed by atoms with Gasteiger partial charge in [0, 0.05) is 6.54 Å². The number of ether oxygens (including phenoxy) is 1. The van der Waals surface area contributed by atoms with Crippen molar-refractivity contribution in [3.63, 3.8) is 0 Å². The summed E-state index contributed by atoms with van der Waals surface area (Å²) in [6.45, 7) is 5.99. The number of alkyl halides is 1. The van der Waals surface area contributed by atoms with Crippen molar-refractivity contribution in [2.45, 2.75) is 6.92 Å². The number of hydrogen-bond acceptors (Lipinski definition) is 2. The Morgan fingerprint density at radius 3 is 2.82 bits per heavy atom. The standard InChI is InChI=1S/C13H16ClNO2/c1-4-8-15(12(16)9-14)13-10(2)6-5-7-11(13)17-3/h4-7H,1,8-9H2,2-3H3. The molecule has 0 saturated carbocycles. The molecule has 0 atom stereocenters. The van der Waals surface area contributed by atoms with Crippen LogP contribution in [0.4, 0.5) is 5.69 Å². The van der Waals surface area contributed by atoms with Gasteiger partial charge in [0.1, 0.15) is 11.6 Å². The maximum Gasteiger partial charge on any atom is 0.242 e. The predicted octanol–water partition coefficient (Wildman–Crippen LogP) is 2.76. The zero-order valence-electron chi connectivity index (χ0n) is 10.1. The fraction of sp³-hybridized carbons (Fsp3) is 0.308. The van der Waals surface area contributed by atoms with Gasteiger partial charge in [0.25, 0.3) is 0 Å². The highest BCUT2D eigenvalue weighted by molar-refractivity contribution is 6.29. The Morgan fingerprint density at radius 1 is 1.59 bits per heavy atom. The first kappa shape index (κ1) is 13.6. The molecule has 1 rings (SSSR count). The molecule has 3 nitrogen and oxygen atoms in total. The molecule has 4 heteroatoms. The molecule has 0 heterocycles. The van der Waals surface area contributed by atoms with Gasteiger partial charge in [-0.15, -0.1) is 18.2 Å². The first-order valence-corrected chi connectivity index (χ1v) is 5.80. The SMILES string of the molecule is C=CCN(C(=O)CCl)c1c(C)cccc1OC. The zero-order chi connectivity index (χ0) is 12.8. The number of amides is 1. The van der Waals surface area contributed by atoms with Crippen molar-refractivity contribution in [3.05, 3.63) is 36.4 Å². The van der Waals surface area contributed by atoms with Crippen LogP contribution in [0.3, 0.4) is 0 Å². The molecule has 0 N–H and O–H groups in total. The second-order valence-electron chi connectivity index (χ2n) is 3.55. The molecule has 0 aromatic heterocycles. The highest BCUT2D eigenvalue weighted by Crippen LogP contribution is 2.31. The summed E-state index contributed by atoms with van der Waals surface area (Å²) < 4.78 is 5.28. The molecule has 0 fully saturated rings. The lowest BCUT2D eigenvalue weighted by molar-refractivity contribution is -0.116. The van der Waals surface area contributed by atoms with Crippen LogP contribution in [0.1, 0.15) is 5.56 Å². The van der Waals surface area contributed by atoms with Crippen molar-refractivity contribution in [1.29, 1.82) is 0 Å². The van der Waals surface area contributed by atoms with Gasteiger partial charge in [0.15, 0.2) is 0 Å². The molecule has 0 saturated heterocycles. The van der Waals surface area contributed by atoms with Crippen molar-refractivity contribution in [2.75, 3.05) is 24.4 Å². The van der Waals surface area contributed by atoms with Gasteiger partial charge < -0.3 is 9.64 Å². The Bertz CT molecular complexity index is 418. The van der Waals surface area contributed by atoms with E-state index in [-0.39, 0.29) is 11.8 Å². The van der Waals surface area contributed by atoms with E-state index in [2.05, 4.69) is 6.58 Å². The number of hydrogen-bond donors (Lipinski definition) is 0. The van der Waals surface area contributed by atoms with Gasteiger partial charge in [0.05, 0.1) is 12.8 Å².